The Hall–Kier alpha value is -0.970. The van der Waals surface area contributed by atoms with Crippen LogP contribution in [0.4, 0.5) is 0 Å². The first-order valence-electron chi connectivity index (χ1n) is 8.06. The highest BCUT2D eigenvalue weighted by Crippen LogP contribution is 2.42. The highest BCUT2D eigenvalue weighted by Gasteiger charge is 2.45. The molecule has 3 heterocycles. The van der Waals surface area contributed by atoms with E-state index in [1.165, 1.54) is 12.0 Å². The summed E-state index contributed by atoms with van der Waals surface area (Å²) in [6.07, 6.45) is 8.45. The average Bonchev–Trinajstić information content (AvgIpc) is 2.91. The first-order chi connectivity index (χ1) is 10.3. The van der Waals surface area contributed by atoms with Gasteiger partial charge in [-0.1, -0.05) is 6.07 Å². The molecule has 1 aromatic rings. The summed E-state index contributed by atoms with van der Waals surface area (Å²) in [7, 11) is 1.79. The molecule has 0 aliphatic carbocycles. The lowest BCUT2D eigenvalue weighted by Crippen LogP contribution is -2.47. The van der Waals surface area contributed by atoms with Gasteiger partial charge in [-0.3, -0.25) is 9.88 Å². The van der Waals surface area contributed by atoms with Crippen molar-refractivity contribution in [2.24, 2.45) is 5.92 Å². The van der Waals surface area contributed by atoms with Crippen LogP contribution in [0.15, 0.2) is 24.5 Å². The first kappa shape index (κ1) is 14.9. The average molecular weight is 290 g/mol. The fourth-order valence-electron chi connectivity index (χ4n) is 3.84. The van der Waals surface area contributed by atoms with Gasteiger partial charge in [0.1, 0.15) is 0 Å². The van der Waals surface area contributed by atoms with Gasteiger partial charge in [-0.05, 0) is 43.2 Å². The molecule has 0 aromatic carbocycles. The minimum Gasteiger partial charge on any atom is -0.385 e. The van der Waals surface area contributed by atoms with Crippen molar-refractivity contribution in [1.82, 2.24) is 9.88 Å². The van der Waals surface area contributed by atoms with Crippen LogP contribution in [0, 0.1) is 5.92 Å². The number of nitrogens with zero attached hydrogens (tertiary/aromatic N) is 2. The number of pyridine rings is 1. The van der Waals surface area contributed by atoms with Crippen LogP contribution in [0.5, 0.6) is 0 Å². The molecule has 116 valence electrons. The van der Waals surface area contributed by atoms with E-state index in [4.69, 9.17) is 9.47 Å². The van der Waals surface area contributed by atoms with Crippen molar-refractivity contribution in [3.63, 3.8) is 0 Å². The molecule has 0 amide bonds. The molecule has 1 spiro atoms. The van der Waals surface area contributed by atoms with E-state index < -0.39 is 0 Å². The zero-order valence-electron chi connectivity index (χ0n) is 13.0. The molecule has 0 bridgehead atoms. The van der Waals surface area contributed by atoms with Crippen LogP contribution in [0.1, 0.15) is 31.2 Å². The van der Waals surface area contributed by atoms with Gasteiger partial charge in [-0.2, -0.15) is 0 Å². The summed E-state index contributed by atoms with van der Waals surface area (Å²) in [5, 5.41) is 0. The smallest absolute Gasteiger partial charge is 0.0736 e. The fourth-order valence-corrected chi connectivity index (χ4v) is 3.84. The molecule has 2 aliphatic heterocycles. The van der Waals surface area contributed by atoms with Crippen LogP contribution in [0.25, 0.3) is 0 Å². The molecule has 0 N–H and O–H groups in total. The van der Waals surface area contributed by atoms with E-state index in [9.17, 15) is 0 Å². The molecule has 2 fully saturated rings. The summed E-state index contributed by atoms with van der Waals surface area (Å²) in [6, 6.07) is 4.17. The Kier molecular flexibility index (Phi) is 4.88. The summed E-state index contributed by atoms with van der Waals surface area (Å²) >= 11 is 0. The molecular weight excluding hydrogens is 264 g/mol. The highest BCUT2D eigenvalue weighted by molar-refractivity contribution is 5.08. The van der Waals surface area contributed by atoms with Crippen LogP contribution >= 0.6 is 0 Å². The van der Waals surface area contributed by atoms with Crippen molar-refractivity contribution in [1.29, 1.82) is 0 Å². The molecule has 2 aliphatic rings. The summed E-state index contributed by atoms with van der Waals surface area (Å²) in [6.45, 7) is 5.04. The van der Waals surface area contributed by atoms with E-state index in [2.05, 4.69) is 16.0 Å². The van der Waals surface area contributed by atoms with Crippen molar-refractivity contribution < 1.29 is 9.47 Å². The lowest BCUT2D eigenvalue weighted by Gasteiger charge is -2.42. The van der Waals surface area contributed by atoms with Gasteiger partial charge in [0.15, 0.2) is 0 Å². The third-order valence-electron chi connectivity index (χ3n) is 5.10. The van der Waals surface area contributed by atoms with Crippen molar-refractivity contribution in [2.75, 3.05) is 33.4 Å². The Morgan fingerprint density at radius 3 is 3.00 bits per heavy atom. The molecule has 1 aromatic heterocycles. The van der Waals surface area contributed by atoms with Crippen LogP contribution in [-0.4, -0.2) is 48.9 Å². The Labute approximate surface area is 127 Å². The summed E-state index contributed by atoms with van der Waals surface area (Å²) in [5.41, 5.74) is 1.43. The predicted octanol–water partition coefficient (Wildman–Crippen LogP) is 2.49. The molecule has 21 heavy (non-hydrogen) atoms. The van der Waals surface area contributed by atoms with Gasteiger partial charge in [-0.25, -0.2) is 0 Å². The lowest BCUT2D eigenvalue weighted by atomic mass is 9.78. The normalized spacial score (nSPS) is 25.5. The number of hydrogen-bond acceptors (Lipinski definition) is 4. The molecule has 0 saturated carbocycles. The number of aromatic nitrogens is 1. The van der Waals surface area contributed by atoms with E-state index in [0.717, 1.165) is 52.1 Å². The van der Waals surface area contributed by atoms with Gasteiger partial charge in [0, 0.05) is 52.4 Å². The van der Waals surface area contributed by atoms with Gasteiger partial charge in [-0.15, -0.1) is 0 Å². The Bertz CT molecular complexity index is 430. The highest BCUT2D eigenvalue weighted by atomic mass is 16.5. The largest absolute Gasteiger partial charge is 0.385 e. The number of rotatable bonds is 5. The molecule has 0 radical (unpaired) electrons. The molecule has 2 saturated heterocycles. The second-order valence-electron chi connectivity index (χ2n) is 6.32. The SMILES string of the molecule is COCCC1CCOC12CCN(Cc1cccnc1)CC2. The number of ether oxygens (including phenoxy) is 2. The lowest BCUT2D eigenvalue weighted by molar-refractivity contribution is -0.0721. The minimum atomic E-state index is 0.129. The van der Waals surface area contributed by atoms with E-state index in [-0.39, 0.29) is 5.60 Å². The van der Waals surface area contributed by atoms with E-state index in [0.29, 0.717) is 5.92 Å². The van der Waals surface area contributed by atoms with Crippen LogP contribution in [-0.2, 0) is 16.0 Å². The maximum atomic E-state index is 6.20. The van der Waals surface area contributed by atoms with Gasteiger partial charge < -0.3 is 9.47 Å². The maximum Gasteiger partial charge on any atom is 0.0736 e. The first-order valence-corrected chi connectivity index (χ1v) is 8.06. The van der Waals surface area contributed by atoms with E-state index in [1.54, 1.807) is 7.11 Å². The molecule has 4 nitrogen and oxygen atoms in total. The van der Waals surface area contributed by atoms with Gasteiger partial charge in [0.2, 0.25) is 0 Å². The zero-order valence-corrected chi connectivity index (χ0v) is 13.0. The van der Waals surface area contributed by atoms with Gasteiger partial charge in [0.05, 0.1) is 5.60 Å². The second-order valence-corrected chi connectivity index (χ2v) is 6.32. The minimum absolute atomic E-state index is 0.129. The van der Waals surface area contributed by atoms with Gasteiger partial charge in [0.25, 0.3) is 0 Å². The quantitative estimate of drug-likeness (QED) is 0.834. The van der Waals surface area contributed by atoms with Crippen LogP contribution < -0.4 is 0 Å². The summed E-state index contributed by atoms with van der Waals surface area (Å²) in [4.78, 5) is 6.73. The van der Waals surface area contributed by atoms with Crippen molar-refractivity contribution in [2.45, 2.75) is 37.8 Å². The summed E-state index contributed by atoms with van der Waals surface area (Å²) in [5.74, 6) is 0.679. The van der Waals surface area contributed by atoms with Crippen LogP contribution in [0.3, 0.4) is 0 Å². The monoisotopic (exact) mass is 290 g/mol. The topological polar surface area (TPSA) is 34.6 Å². The molecule has 1 unspecified atom stereocenters. The van der Waals surface area contributed by atoms with Crippen molar-refractivity contribution in [3.8, 4) is 0 Å². The third-order valence-corrected chi connectivity index (χ3v) is 5.10. The number of piperidine rings is 1. The molecular formula is C17H26N2O2. The van der Waals surface area contributed by atoms with E-state index >= 15 is 0 Å². The van der Waals surface area contributed by atoms with Crippen molar-refractivity contribution >= 4 is 0 Å². The zero-order chi connectivity index (χ0) is 14.5. The Balaban J connectivity index is 1.54. The molecule has 3 rings (SSSR count). The van der Waals surface area contributed by atoms with E-state index in [1.807, 2.05) is 18.5 Å². The predicted molar refractivity (Wildman–Crippen MR) is 82.0 cm³/mol. The number of hydrogen-bond donors (Lipinski definition) is 0. The number of methoxy groups -OCH3 is 1. The molecule has 4 heteroatoms. The second kappa shape index (κ2) is 6.86. The Morgan fingerprint density at radius 2 is 2.29 bits per heavy atom. The maximum absolute atomic E-state index is 6.20. The summed E-state index contributed by atoms with van der Waals surface area (Å²) < 4.78 is 11.5. The molecule has 1 atom stereocenters. The standard InChI is InChI=1S/C17H26N2O2/c1-20-11-4-16-5-12-21-17(16)6-9-19(10-7-17)14-15-3-2-8-18-13-15/h2-3,8,13,16H,4-7,9-12,14H2,1H3. The van der Waals surface area contributed by atoms with Crippen LogP contribution in [0.2, 0.25) is 0 Å². The third kappa shape index (κ3) is 3.44. The fraction of sp³-hybridized carbons (Fsp3) is 0.706. The van der Waals surface area contributed by atoms with Crippen molar-refractivity contribution in [3.05, 3.63) is 30.1 Å². The Morgan fingerprint density at radius 1 is 1.43 bits per heavy atom. The number of likely N-dealkylation sites (tertiary alicyclic amines) is 1. The van der Waals surface area contributed by atoms with Gasteiger partial charge >= 0.3 is 0 Å².